The summed E-state index contributed by atoms with van der Waals surface area (Å²) in [5.41, 5.74) is 0. The standard InChI is InChI=1S/CH2AsO2.Ga.2H/c2-1(3)4;;;/h2H,(H,3,4);;;. The van der Waals surface area contributed by atoms with Crippen LogP contribution in [0, 0.1) is 0 Å². The first-order chi connectivity index (χ1) is 1.73. The Balaban J connectivity index is 0. The fraction of sp³-hybridized carbons (Fsp3) is 0. The van der Waals surface area contributed by atoms with E-state index in [1.807, 2.05) is 0 Å². The SMILES string of the molecule is O=C(O)[AsH].[GaH2]. The fourth-order valence-corrected chi connectivity index (χ4v) is 0. The Labute approximate surface area is 51.5 Å². The van der Waals surface area contributed by atoms with Crippen LogP contribution in [0.1, 0.15) is 0 Å². The summed E-state index contributed by atoms with van der Waals surface area (Å²) in [6.45, 7) is 0. The molecule has 0 aliphatic heterocycles. The van der Waals surface area contributed by atoms with Gasteiger partial charge in [-0.2, -0.15) is 0 Å². The molecular formula is CH4AsGaO2. The van der Waals surface area contributed by atoms with Crippen molar-refractivity contribution >= 4 is 41.4 Å². The maximum atomic E-state index is 9.00. The Morgan fingerprint density at radius 2 is 1.80 bits per heavy atom. The molecule has 0 fully saturated rings. The first-order valence-corrected chi connectivity index (χ1v) is 1.73. The van der Waals surface area contributed by atoms with Gasteiger partial charge in [0.05, 0.1) is 0 Å². The van der Waals surface area contributed by atoms with E-state index in [0.717, 1.165) is 16.9 Å². The first-order valence-electron chi connectivity index (χ1n) is 0.678. The third-order valence-corrected chi connectivity index (χ3v) is 0. The van der Waals surface area contributed by atoms with Crippen LogP contribution >= 0.6 is 0 Å². The summed E-state index contributed by atoms with van der Waals surface area (Å²) in [7, 11) is 0. The third kappa shape index (κ3) is 75.0. The molecule has 4 heteroatoms. The first kappa shape index (κ1) is 9.18. The third-order valence-electron chi connectivity index (χ3n) is 0. The zero-order valence-corrected chi connectivity index (χ0v) is 9.15. The predicted molar refractivity (Wildman–Crippen MR) is 23.7 cm³/mol. The van der Waals surface area contributed by atoms with Gasteiger partial charge in [0.2, 0.25) is 0 Å². The van der Waals surface area contributed by atoms with Gasteiger partial charge in [0.25, 0.3) is 0 Å². The summed E-state index contributed by atoms with van der Waals surface area (Å²) >= 11 is 1.08. The molecule has 2 radical (unpaired) electrons. The second kappa shape index (κ2) is 4.66. The Morgan fingerprint density at radius 3 is 1.80 bits per heavy atom. The summed E-state index contributed by atoms with van der Waals surface area (Å²) in [5, 5.41) is 7.42. The quantitative estimate of drug-likeness (QED) is 0.482. The molecule has 0 saturated carbocycles. The molecule has 0 aromatic rings. The van der Waals surface area contributed by atoms with Crippen molar-refractivity contribution in [1.29, 1.82) is 0 Å². The van der Waals surface area contributed by atoms with E-state index in [1.54, 1.807) is 0 Å². The minimum atomic E-state index is -0.833. The summed E-state index contributed by atoms with van der Waals surface area (Å²) in [5.74, 6) is 0. The molecule has 0 aliphatic rings. The van der Waals surface area contributed by atoms with Gasteiger partial charge in [0.15, 0.2) is 0 Å². The van der Waals surface area contributed by atoms with Crippen LogP contribution in [0.25, 0.3) is 0 Å². The average molecular weight is 193 g/mol. The van der Waals surface area contributed by atoms with E-state index in [1.165, 1.54) is 0 Å². The van der Waals surface area contributed by atoms with Gasteiger partial charge in [-0.3, -0.25) is 0 Å². The molecule has 0 aliphatic carbocycles. The molecule has 28 valence electrons. The molecule has 2 nitrogen and oxygen atoms in total. The predicted octanol–water partition coefficient (Wildman–Crippen LogP) is -1.35. The molecule has 5 heavy (non-hydrogen) atoms. The van der Waals surface area contributed by atoms with E-state index in [9.17, 15) is 0 Å². The topological polar surface area (TPSA) is 37.3 Å². The zero-order valence-electron chi connectivity index (χ0n) is 2.86. The van der Waals surface area contributed by atoms with E-state index < -0.39 is 4.76 Å². The van der Waals surface area contributed by atoms with E-state index >= 15 is 0 Å². The van der Waals surface area contributed by atoms with E-state index in [-0.39, 0.29) is 19.8 Å². The molecule has 0 rings (SSSR count). The van der Waals surface area contributed by atoms with Crippen molar-refractivity contribution in [2.24, 2.45) is 0 Å². The van der Waals surface area contributed by atoms with Crippen LogP contribution in [0.4, 0.5) is 4.79 Å². The van der Waals surface area contributed by atoms with Crippen molar-refractivity contribution in [2.75, 3.05) is 0 Å². The van der Waals surface area contributed by atoms with Crippen LogP contribution in [-0.2, 0) is 0 Å². The van der Waals surface area contributed by atoms with E-state index in [0.29, 0.717) is 0 Å². The van der Waals surface area contributed by atoms with Crippen molar-refractivity contribution in [2.45, 2.75) is 0 Å². The van der Waals surface area contributed by atoms with Crippen molar-refractivity contribution in [3.05, 3.63) is 0 Å². The second-order valence-electron chi connectivity index (χ2n) is 0.305. The fourth-order valence-electron chi connectivity index (χ4n) is 0. The molecule has 0 atom stereocenters. The van der Waals surface area contributed by atoms with Gasteiger partial charge >= 0.3 is 51.3 Å². The zero-order chi connectivity index (χ0) is 3.58. The van der Waals surface area contributed by atoms with Gasteiger partial charge in [-0.25, -0.2) is 0 Å². The number of rotatable bonds is 0. The maximum absolute atomic E-state index is 9.00. The molecule has 0 bridgehead atoms. The van der Waals surface area contributed by atoms with Crippen LogP contribution in [0.2, 0.25) is 0 Å². The Hall–Kier alpha value is 0.665. The van der Waals surface area contributed by atoms with Crippen molar-refractivity contribution in [1.82, 2.24) is 0 Å². The van der Waals surface area contributed by atoms with Crippen molar-refractivity contribution in [3.8, 4) is 0 Å². The van der Waals surface area contributed by atoms with Crippen LogP contribution in [0.3, 0.4) is 0 Å². The van der Waals surface area contributed by atoms with Gasteiger partial charge in [-0.05, 0) is 0 Å². The van der Waals surface area contributed by atoms with Crippen LogP contribution in [0.5, 0.6) is 0 Å². The van der Waals surface area contributed by atoms with Gasteiger partial charge in [0.1, 0.15) is 0 Å². The normalized spacial score (nSPS) is 5.00. The summed E-state index contributed by atoms with van der Waals surface area (Å²) in [4.78, 5) is 9.00. The Bertz CT molecular complexity index is 32.6. The van der Waals surface area contributed by atoms with Gasteiger partial charge in [-0.1, -0.05) is 0 Å². The molecule has 0 aromatic heterocycles. The van der Waals surface area contributed by atoms with E-state index in [2.05, 4.69) is 0 Å². The Morgan fingerprint density at radius 1 is 1.80 bits per heavy atom. The number of carboxylic acid groups (broad SMARTS) is 1. The number of hydrogen-bond acceptors (Lipinski definition) is 1. The second-order valence-corrected chi connectivity index (χ2v) is 1.20. The monoisotopic (exact) mass is 192 g/mol. The minimum absolute atomic E-state index is 0. The van der Waals surface area contributed by atoms with Gasteiger partial charge in [-0.15, -0.1) is 0 Å². The molecule has 0 unspecified atom stereocenters. The summed E-state index contributed by atoms with van der Waals surface area (Å²) < 4.78 is -0.833. The number of hydrogen-bond donors (Lipinski definition) is 1. The van der Waals surface area contributed by atoms with E-state index in [4.69, 9.17) is 9.90 Å². The molecule has 0 spiro atoms. The number of carbonyl (C=O) groups is 1. The van der Waals surface area contributed by atoms with Crippen LogP contribution in [0.15, 0.2) is 0 Å². The molecule has 0 heterocycles. The van der Waals surface area contributed by atoms with Gasteiger partial charge < -0.3 is 0 Å². The molecule has 0 saturated heterocycles. The van der Waals surface area contributed by atoms with Crippen molar-refractivity contribution in [3.63, 3.8) is 0 Å². The van der Waals surface area contributed by atoms with Gasteiger partial charge in [0, 0.05) is 0 Å². The average Bonchev–Trinajstić information content (AvgIpc) is 0.811. The summed E-state index contributed by atoms with van der Waals surface area (Å²) in [6, 6.07) is 0. The summed E-state index contributed by atoms with van der Waals surface area (Å²) in [6.07, 6.45) is 0. The van der Waals surface area contributed by atoms with Crippen LogP contribution in [-0.4, -0.2) is 46.5 Å². The molecule has 0 aromatic carbocycles. The molecule has 1 N–H and O–H groups in total. The van der Waals surface area contributed by atoms with Crippen molar-refractivity contribution < 1.29 is 9.90 Å². The Kier molecular flexibility index (Phi) is 8.56. The van der Waals surface area contributed by atoms with Crippen LogP contribution < -0.4 is 0 Å². The molecular weight excluding hydrogens is 189 g/mol. The molecule has 0 amide bonds.